The van der Waals surface area contributed by atoms with E-state index in [-0.39, 0.29) is 5.92 Å². The summed E-state index contributed by atoms with van der Waals surface area (Å²) in [6, 6.07) is 0. The lowest BCUT2D eigenvalue weighted by Crippen LogP contribution is -2.39. The highest BCUT2D eigenvalue weighted by molar-refractivity contribution is 4.77. The first kappa shape index (κ1) is 17.9. The zero-order chi connectivity index (χ0) is 13.9. The van der Waals surface area contributed by atoms with Gasteiger partial charge in [-0.3, -0.25) is 0 Å². The van der Waals surface area contributed by atoms with Gasteiger partial charge in [-0.1, -0.05) is 53.4 Å². The zero-order valence-electron chi connectivity index (χ0n) is 13.0. The highest BCUT2D eigenvalue weighted by Crippen LogP contribution is 2.33. The summed E-state index contributed by atoms with van der Waals surface area (Å²) in [4.78, 5) is 0. The summed E-state index contributed by atoms with van der Waals surface area (Å²) in [7, 11) is 0. The third-order valence-corrected chi connectivity index (χ3v) is 3.74. The van der Waals surface area contributed by atoms with Crippen LogP contribution in [0, 0.1) is 5.92 Å². The van der Waals surface area contributed by atoms with Crippen LogP contribution in [0.4, 0.5) is 0 Å². The Balaban J connectivity index is 4.46. The first-order valence-electron chi connectivity index (χ1n) is 7.98. The first-order chi connectivity index (χ1) is 8.64. The van der Waals surface area contributed by atoms with Crippen molar-refractivity contribution in [2.75, 3.05) is 6.61 Å². The molecule has 0 saturated carbocycles. The molecule has 0 fully saturated rings. The maximum absolute atomic E-state index is 13.0. The zero-order valence-corrected chi connectivity index (χ0v) is 13.0. The van der Waals surface area contributed by atoms with Gasteiger partial charge < -0.3 is 4.74 Å². The van der Waals surface area contributed by atoms with Crippen molar-refractivity contribution in [1.82, 2.24) is 0 Å². The van der Waals surface area contributed by atoms with E-state index < -0.39 is 5.79 Å². The standard InChI is InChI=1S/C16H33O2/c1-5-9-12-15(8-4)16(17,13-10-6-2)18-14-11-7-3/h15H,5-14H2,1-4H3. The van der Waals surface area contributed by atoms with E-state index in [0.717, 1.165) is 51.4 Å². The molecule has 0 aromatic carbocycles. The van der Waals surface area contributed by atoms with Crippen LogP contribution < -0.4 is 0 Å². The topological polar surface area (TPSA) is 29.1 Å². The van der Waals surface area contributed by atoms with Crippen molar-refractivity contribution in [1.29, 1.82) is 0 Å². The molecule has 109 valence electrons. The van der Waals surface area contributed by atoms with E-state index in [1.54, 1.807) is 0 Å². The molecule has 2 unspecified atom stereocenters. The molecule has 0 N–H and O–H groups in total. The van der Waals surface area contributed by atoms with Crippen molar-refractivity contribution in [2.45, 2.75) is 91.3 Å². The fraction of sp³-hybridized carbons (Fsp3) is 1.00. The van der Waals surface area contributed by atoms with Gasteiger partial charge >= 0.3 is 0 Å². The molecule has 0 spiro atoms. The van der Waals surface area contributed by atoms with E-state index in [2.05, 4.69) is 27.7 Å². The van der Waals surface area contributed by atoms with Crippen molar-refractivity contribution in [3.05, 3.63) is 0 Å². The summed E-state index contributed by atoms with van der Waals surface area (Å²) in [6.07, 6.45) is 9.10. The Hall–Kier alpha value is -0.0800. The van der Waals surface area contributed by atoms with Crippen molar-refractivity contribution in [2.24, 2.45) is 5.92 Å². The fourth-order valence-corrected chi connectivity index (χ4v) is 2.39. The Morgan fingerprint density at radius 3 is 2.06 bits per heavy atom. The average Bonchev–Trinajstić information content (AvgIpc) is 2.37. The van der Waals surface area contributed by atoms with Gasteiger partial charge in [-0.15, -0.1) is 0 Å². The smallest absolute Gasteiger partial charge is 0.204 e. The molecule has 0 aliphatic heterocycles. The predicted molar refractivity (Wildman–Crippen MR) is 77.1 cm³/mol. The highest BCUT2D eigenvalue weighted by atomic mass is 16.6. The minimum absolute atomic E-state index is 0.181. The van der Waals surface area contributed by atoms with E-state index >= 15 is 0 Å². The normalized spacial score (nSPS) is 16.5. The number of hydrogen-bond donors (Lipinski definition) is 0. The summed E-state index contributed by atoms with van der Waals surface area (Å²) < 4.78 is 5.77. The summed E-state index contributed by atoms with van der Waals surface area (Å²) in [5, 5.41) is 13.0. The van der Waals surface area contributed by atoms with E-state index in [1.165, 1.54) is 0 Å². The van der Waals surface area contributed by atoms with Crippen LogP contribution in [-0.4, -0.2) is 12.4 Å². The van der Waals surface area contributed by atoms with Gasteiger partial charge in [0, 0.05) is 12.3 Å². The molecule has 0 aromatic heterocycles. The largest absolute Gasteiger partial charge is 0.347 e. The lowest BCUT2D eigenvalue weighted by molar-refractivity contribution is -0.278. The highest BCUT2D eigenvalue weighted by Gasteiger charge is 2.37. The molecule has 2 atom stereocenters. The molecule has 1 radical (unpaired) electrons. The monoisotopic (exact) mass is 257 g/mol. The second kappa shape index (κ2) is 10.8. The minimum atomic E-state index is -1.13. The van der Waals surface area contributed by atoms with Gasteiger partial charge in [-0.25, -0.2) is 0 Å². The molecule has 2 nitrogen and oxygen atoms in total. The molecule has 0 aliphatic carbocycles. The van der Waals surface area contributed by atoms with Crippen LogP contribution >= 0.6 is 0 Å². The predicted octanol–water partition coefficient (Wildman–Crippen LogP) is 5.34. The van der Waals surface area contributed by atoms with Crippen LogP contribution in [0.3, 0.4) is 0 Å². The molecule has 2 heteroatoms. The number of rotatable bonds is 12. The lowest BCUT2D eigenvalue weighted by Gasteiger charge is -2.34. The Bertz CT molecular complexity index is 182. The van der Waals surface area contributed by atoms with E-state index in [9.17, 15) is 5.11 Å². The molecular formula is C16H33O2. The van der Waals surface area contributed by atoms with Gasteiger partial charge in [-0.05, 0) is 25.7 Å². The SMILES string of the molecule is CCCCOC([O])(CCCC)C(CC)CCCC. The Morgan fingerprint density at radius 1 is 0.944 bits per heavy atom. The van der Waals surface area contributed by atoms with Crippen LogP contribution in [0.5, 0.6) is 0 Å². The van der Waals surface area contributed by atoms with Crippen LogP contribution in [-0.2, 0) is 9.84 Å². The van der Waals surface area contributed by atoms with Crippen LogP contribution in [0.15, 0.2) is 0 Å². The quantitative estimate of drug-likeness (QED) is 0.343. The van der Waals surface area contributed by atoms with Crippen LogP contribution in [0.25, 0.3) is 0 Å². The molecule has 0 amide bonds. The second-order valence-corrected chi connectivity index (χ2v) is 5.36. The fourth-order valence-electron chi connectivity index (χ4n) is 2.39. The Kier molecular flexibility index (Phi) is 10.8. The van der Waals surface area contributed by atoms with Gasteiger partial charge in [0.05, 0.1) is 6.61 Å². The van der Waals surface area contributed by atoms with Crippen molar-refractivity contribution in [3.8, 4) is 0 Å². The van der Waals surface area contributed by atoms with Crippen molar-refractivity contribution >= 4 is 0 Å². The second-order valence-electron chi connectivity index (χ2n) is 5.36. The third-order valence-electron chi connectivity index (χ3n) is 3.74. The lowest BCUT2D eigenvalue weighted by atomic mass is 9.87. The Morgan fingerprint density at radius 2 is 1.56 bits per heavy atom. The summed E-state index contributed by atoms with van der Waals surface area (Å²) in [6.45, 7) is 9.22. The molecule has 18 heavy (non-hydrogen) atoms. The maximum atomic E-state index is 13.0. The molecule has 0 heterocycles. The number of ether oxygens (including phenoxy) is 1. The Labute approximate surface area is 114 Å². The van der Waals surface area contributed by atoms with Crippen LogP contribution in [0.1, 0.15) is 85.5 Å². The van der Waals surface area contributed by atoms with Gasteiger partial charge in [0.2, 0.25) is 5.79 Å². The van der Waals surface area contributed by atoms with Gasteiger partial charge in [0.15, 0.2) is 0 Å². The van der Waals surface area contributed by atoms with Crippen molar-refractivity contribution < 1.29 is 9.84 Å². The van der Waals surface area contributed by atoms with E-state index in [1.807, 2.05) is 0 Å². The number of unbranched alkanes of at least 4 members (excludes halogenated alkanes) is 3. The molecule has 0 rings (SSSR count). The minimum Gasteiger partial charge on any atom is -0.347 e. The molecule has 0 saturated heterocycles. The van der Waals surface area contributed by atoms with Crippen molar-refractivity contribution in [3.63, 3.8) is 0 Å². The van der Waals surface area contributed by atoms with Gasteiger partial charge in [0.25, 0.3) is 0 Å². The average molecular weight is 257 g/mol. The third kappa shape index (κ3) is 6.75. The number of hydrogen-bond acceptors (Lipinski definition) is 1. The molecule has 0 aromatic rings. The first-order valence-corrected chi connectivity index (χ1v) is 7.98. The van der Waals surface area contributed by atoms with E-state index in [4.69, 9.17) is 4.74 Å². The van der Waals surface area contributed by atoms with E-state index in [0.29, 0.717) is 13.0 Å². The summed E-state index contributed by atoms with van der Waals surface area (Å²) >= 11 is 0. The molecule has 0 aliphatic rings. The van der Waals surface area contributed by atoms with Crippen LogP contribution in [0.2, 0.25) is 0 Å². The van der Waals surface area contributed by atoms with Gasteiger partial charge in [0.1, 0.15) is 0 Å². The summed E-state index contributed by atoms with van der Waals surface area (Å²) in [5.41, 5.74) is 0. The molecule has 0 bridgehead atoms. The molecular weight excluding hydrogens is 224 g/mol. The van der Waals surface area contributed by atoms with Gasteiger partial charge in [-0.2, -0.15) is 5.11 Å². The maximum Gasteiger partial charge on any atom is 0.204 e. The summed E-state index contributed by atoms with van der Waals surface area (Å²) in [5.74, 6) is -0.949.